The first-order valence-corrected chi connectivity index (χ1v) is 15.6. The van der Waals surface area contributed by atoms with Crippen LogP contribution >= 0.6 is 0 Å². The Balaban J connectivity index is 0.000000228. The minimum absolute atomic E-state index is 0. The molecule has 0 saturated carbocycles. The van der Waals surface area contributed by atoms with Crippen LogP contribution in [-0.4, -0.2) is 21.5 Å². The molecule has 9 rings (SSSR count). The summed E-state index contributed by atoms with van der Waals surface area (Å²) >= 11 is 0. The number of aromatic nitrogens is 2. The topological polar surface area (TPSA) is 24.3 Å². The quantitative estimate of drug-likeness (QED) is 0.167. The second-order valence-electron chi connectivity index (χ2n) is 12.4. The standard InChI is InChI=1S/C31H25N3.C11H8N.Ir/c1-31(2)27-12-8-7-11-23(27)24-19-30-26(18-28(24)31)25-17-22(33-16-15-32(3)20-33)13-14-29(25)34(30)21-9-5-4-6-10-21;1-2-6-10(7-3-1)11-8-4-5-9-12-11;/h4-12,14-20H,1-3H3;1-6,8-9H;/q-2;-1;+3. The van der Waals surface area contributed by atoms with E-state index in [0.29, 0.717) is 0 Å². The molecule has 47 heavy (non-hydrogen) atoms. The van der Waals surface area contributed by atoms with Crippen LogP contribution in [0, 0.1) is 18.8 Å². The Morgan fingerprint density at radius 2 is 1.47 bits per heavy atom. The maximum atomic E-state index is 4.22. The molecule has 2 aliphatic rings. The molecule has 0 saturated heterocycles. The van der Waals surface area contributed by atoms with Crippen molar-refractivity contribution in [3.63, 3.8) is 0 Å². The van der Waals surface area contributed by atoms with Gasteiger partial charge in [-0.2, -0.15) is 18.8 Å². The first-order chi connectivity index (χ1) is 22.5. The molecular weight excluding hydrogens is 753 g/mol. The van der Waals surface area contributed by atoms with E-state index in [-0.39, 0.29) is 25.5 Å². The Labute approximate surface area is 290 Å². The van der Waals surface area contributed by atoms with Gasteiger partial charge >= 0.3 is 20.1 Å². The Morgan fingerprint density at radius 3 is 2.21 bits per heavy atom. The van der Waals surface area contributed by atoms with Gasteiger partial charge in [-0.3, -0.25) is 0 Å². The average molecular weight is 786 g/mol. The number of benzene rings is 5. The summed E-state index contributed by atoms with van der Waals surface area (Å²) in [6.45, 7) is 6.77. The Hall–Kier alpha value is -4.96. The van der Waals surface area contributed by atoms with Gasteiger partial charge in [0.15, 0.2) is 0 Å². The fourth-order valence-corrected chi connectivity index (χ4v) is 6.81. The number of rotatable bonds is 3. The van der Waals surface area contributed by atoms with E-state index in [1.807, 2.05) is 49.5 Å². The first kappa shape index (κ1) is 30.7. The maximum Gasteiger partial charge on any atom is 3.00 e. The van der Waals surface area contributed by atoms with Gasteiger partial charge < -0.3 is 19.4 Å². The SMILES string of the molecule is CN1C=CN(c2[c-]cc3c(c2)c2cc4c(cc2n3-c2ccccc2)-c2ccccc2C4(C)C)[CH-]1.[Ir+3].[c-]1ccccc1-c1ccccn1. The van der Waals surface area contributed by atoms with Crippen molar-refractivity contribution < 1.29 is 20.1 Å². The van der Waals surface area contributed by atoms with E-state index in [1.165, 1.54) is 49.7 Å². The van der Waals surface area contributed by atoms with E-state index in [4.69, 9.17) is 0 Å². The third kappa shape index (κ3) is 5.36. The first-order valence-electron chi connectivity index (χ1n) is 15.6. The van der Waals surface area contributed by atoms with E-state index in [0.717, 1.165) is 16.9 Å². The molecule has 1 aliphatic heterocycles. The summed E-state index contributed by atoms with van der Waals surface area (Å²) in [4.78, 5) is 8.39. The molecule has 1 aliphatic carbocycles. The minimum Gasteiger partial charge on any atom is -0.510 e. The van der Waals surface area contributed by atoms with Crippen LogP contribution in [0.1, 0.15) is 25.0 Å². The number of hydrogen-bond acceptors (Lipinski definition) is 3. The monoisotopic (exact) mass is 786 g/mol. The largest absolute Gasteiger partial charge is 3.00 e. The normalized spacial score (nSPS) is 14.0. The predicted octanol–water partition coefficient (Wildman–Crippen LogP) is 9.78. The van der Waals surface area contributed by atoms with Gasteiger partial charge in [-0.1, -0.05) is 74.0 Å². The van der Waals surface area contributed by atoms with Crippen molar-refractivity contribution in [2.24, 2.45) is 0 Å². The molecule has 3 heterocycles. The Morgan fingerprint density at radius 1 is 0.702 bits per heavy atom. The van der Waals surface area contributed by atoms with Crippen LogP contribution in [-0.2, 0) is 25.5 Å². The molecule has 4 nitrogen and oxygen atoms in total. The molecule has 0 N–H and O–H groups in total. The van der Waals surface area contributed by atoms with E-state index in [2.05, 4.69) is 143 Å². The van der Waals surface area contributed by atoms with Crippen LogP contribution in [0.15, 0.2) is 140 Å². The van der Waals surface area contributed by atoms with Crippen LogP contribution < -0.4 is 4.90 Å². The van der Waals surface area contributed by atoms with Crippen molar-refractivity contribution >= 4 is 27.5 Å². The summed E-state index contributed by atoms with van der Waals surface area (Å²) in [6.07, 6.45) is 5.92. The smallest absolute Gasteiger partial charge is 0.510 e. The third-order valence-corrected chi connectivity index (χ3v) is 9.10. The molecule has 0 amide bonds. The molecule has 0 unspecified atom stereocenters. The van der Waals surface area contributed by atoms with Gasteiger partial charge in [0.25, 0.3) is 0 Å². The molecule has 0 spiro atoms. The van der Waals surface area contributed by atoms with Crippen molar-refractivity contribution in [1.29, 1.82) is 0 Å². The van der Waals surface area contributed by atoms with Gasteiger partial charge in [-0.25, -0.2) is 0 Å². The zero-order valence-electron chi connectivity index (χ0n) is 26.5. The van der Waals surface area contributed by atoms with Gasteiger partial charge in [0.1, 0.15) is 0 Å². The molecule has 5 aromatic carbocycles. The van der Waals surface area contributed by atoms with Crippen molar-refractivity contribution in [2.75, 3.05) is 11.9 Å². The molecule has 230 valence electrons. The average Bonchev–Trinajstić information content (AvgIpc) is 3.75. The van der Waals surface area contributed by atoms with E-state index in [9.17, 15) is 0 Å². The summed E-state index contributed by atoms with van der Waals surface area (Å²) in [5.41, 5.74) is 12.1. The van der Waals surface area contributed by atoms with Crippen molar-refractivity contribution in [3.8, 4) is 28.1 Å². The van der Waals surface area contributed by atoms with Crippen molar-refractivity contribution in [3.05, 3.63) is 170 Å². The second kappa shape index (κ2) is 12.3. The molecule has 2 aromatic heterocycles. The Kier molecular flexibility index (Phi) is 8.05. The van der Waals surface area contributed by atoms with Gasteiger partial charge in [-0.15, -0.1) is 53.0 Å². The van der Waals surface area contributed by atoms with Crippen LogP contribution in [0.3, 0.4) is 0 Å². The Bertz CT molecular complexity index is 2180. The third-order valence-electron chi connectivity index (χ3n) is 9.10. The van der Waals surface area contributed by atoms with Gasteiger partial charge in [0.05, 0.1) is 0 Å². The van der Waals surface area contributed by atoms with E-state index in [1.54, 1.807) is 6.20 Å². The van der Waals surface area contributed by atoms with Gasteiger partial charge in [-0.05, 0) is 83.1 Å². The molecule has 0 fully saturated rings. The predicted molar refractivity (Wildman–Crippen MR) is 189 cm³/mol. The molecule has 0 bridgehead atoms. The maximum absolute atomic E-state index is 4.22. The molecule has 0 radical (unpaired) electrons. The molecular formula is C42H33IrN4. The number of pyridine rings is 1. The molecule has 0 atom stereocenters. The van der Waals surface area contributed by atoms with Crippen LogP contribution in [0.2, 0.25) is 0 Å². The minimum atomic E-state index is -0.0286. The number of para-hydroxylation sites is 1. The van der Waals surface area contributed by atoms with Crippen molar-refractivity contribution in [2.45, 2.75) is 19.3 Å². The zero-order chi connectivity index (χ0) is 31.3. The van der Waals surface area contributed by atoms with Gasteiger partial charge in [0, 0.05) is 22.8 Å². The molecule has 5 heteroatoms. The van der Waals surface area contributed by atoms with E-state index < -0.39 is 0 Å². The number of hydrogen-bond donors (Lipinski definition) is 0. The van der Waals surface area contributed by atoms with Crippen LogP contribution in [0.25, 0.3) is 49.9 Å². The van der Waals surface area contributed by atoms with E-state index >= 15 is 0 Å². The number of anilines is 1. The van der Waals surface area contributed by atoms with Crippen LogP contribution in [0.5, 0.6) is 0 Å². The zero-order valence-corrected chi connectivity index (χ0v) is 28.9. The summed E-state index contributed by atoms with van der Waals surface area (Å²) in [5.74, 6) is 0. The van der Waals surface area contributed by atoms with Crippen molar-refractivity contribution in [1.82, 2.24) is 14.5 Å². The molecule has 7 aromatic rings. The summed E-state index contributed by atoms with van der Waals surface area (Å²) in [7, 11) is 2.04. The summed E-state index contributed by atoms with van der Waals surface area (Å²) in [6, 6.07) is 49.1. The number of nitrogens with zero attached hydrogens (tertiary/aromatic N) is 4. The summed E-state index contributed by atoms with van der Waals surface area (Å²) < 4.78 is 2.38. The van der Waals surface area contributed by atoms with Gasteiger partial charge in [0.2, 0.25) is 0 Å². The number of fused-ring (bicyclic) bond motifs is 6. The van der Waals surface area contributed by atoms with Crippen LogP contribution in [0.4, 0.5) is 5.69 Å². The summed E-state index contributed by atoms with van der Waals surface area (Å²) in [5, 5.41) is 2.53. The fourth-order valence-electron chi connectivity index (χ4n) is 6.81. The fraction of sp³-hybridized carbons (Fsp3) is 0.0952. The second-order valence-corrected chi connectivity index (χ2v) is 12.4.